The van der Waals surface area contributed by atoms with Gasteiger partial charge in [-0.3, -0.25) is 9.59 Å². The molecular formula is C17H16N2O3. The zero-order chi connectivity index (χ0) is 15.7. The van der Waals surface area contributed by atoms with Gasteiger partial charge in [0.15, 0.2) is 11.6 Å². The smallest absolute Gasteiger partial charge is 0.196 e. The molecule has 112 valence electrons. The maximum Gasteiger partial charge on any atom is 0.196 e. The summed E-state index contributed by atoms with van der Waals surface area (Å²) in [6.45, 7) is 0.590. The highest BCUT2D eigenvalue weighted by Crippen LogP contribution is 2.34. The number of aliphatic hydroxyl groups is 1. The summed E-state index contributed by atoms with van der Waals surface area (Å²) in [5, 5.41) is 12.0. The first-order valence-electron chi connectivity index (χ1n) is 7.10. The van der Waals surface area contributed by atoms with Crippen LogP contribution in [0.4, 0.5) is 11.4 Å². The van der Waals surface area contributed by atoms with E-state index in [4.69, 9.17) is 10.8 Å². The molecule has 0 heterocycles. The Morgan fingerprint density at radius 1 is 0.955 bits per heavy atom. The van der Waals surface area contributed by atoms with Gasteiger partial charge in [-0.05, 0) is 18.6 Å². The summed E-state index contributed by atoms with van der Waals surface area (Å²) in [4.78, 5) is 25.4. The molecule has 0 spiro atoms. The minimum atomic E-state index is -0.228. The van der Waals surface area contributed by atoms with E-state index in [1.807, 2.05) is 0 Å². The highest BCUT2D eigenvalue weighted by Gasteiger charge is 2.32. The second-order valence-corrected chi connectivity index (χ2v) is 5.16. The van der Waals surface area contributed by atoms with E-state index in [0.717, 1.165) is 0 Å². The van der Waals surface area contributed by atoms with Crippen LogP contribution in [0.5, 0.6) is 0 Å². The molecule has 1 aliphatic carbocycles. The topological polar surface area (TPSA) is 92.4 Å². The number of ketones is 2. The van der Waals surface area contributed by atoms with Gasteiger partial charge >= 0.3 is 0 Å². The Bertz CT molecular complexity index is 768. The molecular weight excluding hydrogens is 280 g/mol. The summed E-state index contributed by atoms with van der Waals surface area (Å²) >= 11 is 0. The van der Waals surface area contributed by atoms with E-state index in [-0.39, 0.29) is 23.7 Å². The van der Waals surface area contributed by atoms with Gasteiger partial charge in [0.2, 0.25) is 0 Å². The Balaban J connectivity index is 2.11. The minimum absolute atomic E-state index is 0.0638. The van der Waals surface area contributed by atoms with E-state index in [0.29, 0.717) is 41.0 Å². The van der Waals surface area contributed by atoms with E-state index in [9.17, 15) is 9.59 Å². The Hall–Kier alpha value is -2.66. The van der Waals surface area contributed by atoms with Crippen LogP contribution in [-0.2, 0) is 0 Å². The summed E-state index contributed by atoms with van der Waals surface area (Å²) in [6.07, 6.45) is 0.565. The number of nitrogens with two attached hydrogens (primary N) is 1. The number of carbonyl (C=O) groups is 2. The summed E-state index contributed by atoms with van der Waals surface area (Å²) < 4.78 is 0. The van der Waals surface area contributed by atoms with Gasteiger partial charge in [0.1, 0.15) is 0 Å². The predicted octanol–water partition coefficient (Wildman–Crippen LogP) is 1.84. The van der Waals surface area contributed by atoms with Gasteiger partial charge in [0, 0.05) is 35.7 Å². The molecule has 22 heavy (non-hydrogen) atoms. The first-order valence-corrected chi connectivity index (χ1v) is 7.10. The third kappa shape index (κ3) is 2.16. The molecule has 0 aromatic heterocycles. The third-order valence-electron chi connectivity index (χ3n) is 3.75. The zero-order valence-electron chi connectivity index (χ0n) is 11.9. The first kappa shape index (κ1) is 14.3. The van der Waals surface area contributed by atoms with Gasteiger partial charge in [0.25, 0.3) is 0 Å². The second-order valence-electron chi connectivity index (χ2n) is 5.16. The molecule has 3 rings (SSSR count). The van der Waals surface area contributed by atoms with E-state index in [1.54, 1.807) is 36.4 Å². The number of carbonyl (C=O) groups excluding carboxylic acids is 2. The molecule has 1 aliphatic rings. The van der Waals surface area contributed by atoms with Crippen LogP contribution >= 0.6 is 0 Å². The van der Waals surface area contributed by atoms with Gasteiger partial charge in [-0.1, -0.05) is 24.3 Å². The van der Waals surface area contributed by atoms with Crippen molar-refractivity contribution in [1.29, 1.82) is 0 Å². The molecule has 2 aromatic rings. The maximum atomic E-state index is 12.8. The molecule has 0 bridgehead atoms. The summed E-state index contributed by atoms with van der Waals surface area (Å²) in [7, 11) is 0. The second kappa shape index (κ2) is 5.61. The number of aliphatic hydroxyl groups excluding tert-OH is 1. The molecule has 0 saturated heterocycles. The van der Waals surface area contributed by atoms with Crippen molar-refractivity contribution < 1.29 is 14.7 Å². The highest BCUT2D eigenvalue weighted by molar-refractivity contribution is 6.31. The van der Waals surface area contributed by atoms with Crippen LogP contribution in [0, 0.1) is 0 Å². The number of nitrogens with one attached hydrogen (secondary N) is 1. The summed E-state index contributed by atoms with van der Waals surface area (Å²) in [5.41, 5.74) is 8.17. The molecule has 0 atom stereocenters. The van der Waals surface area contributed by atoms with Gasteiger partial charge in [-0.2, -0.15) is 0 Å². The van der Waals surface area contributed by atoms with Crippen molar-refractivity contribution in [2.75, 3.05) is 24.2 Å². The SMILES string of the molecule is Nc1cccc2c1C(=O)c1cccc(NCCCO)c1C2=O. The number of hydrogen-bond acceptors (Lipinski definition) is 5. The lowest BCUT2D eigenvalue weighted by molar-refractivity contribution is 0.0980. The molecule has 0 aliphatic heterocycles. The van der Waals surface area contributed by atoms with E-state index in [1.165, 1.54) is 0 Å². The van der Waals surface area contributed by atoms with Crippen molar-refractivity contribution in [3.8, 4) is 0 Å². The van der Waals surface area contributed by atoms with Crippen molar-refractivity contribution in [3.63, 3.8) is 0 Å². The van der Waals surface area contributed by atoms with Gasteiger partial charge in [-0.15, -0.1) is 0 Å². The predicted molar refractivity (Wildman–Crippen MR) is 84.4 cm³/mol. The zero-order valence-corrected chi connectivity index (χ0v) is 11.9. The Labute approximate surface area is 127 Å². The van der Waals surface area contributed by atoms with Crippen LogP contribution in [0.2, 0.25) is 0 Å². The fourth-order valence-electron chi connectivity index (χ4n) is 2.72. The molecule has 0 radical (unpaired) electrons. The van der Waals surface area contributed by atoms with E-state index in [2.05, 4.69) is 5.32 Å². The van der Waals surface area contributed by atoms with Crippen molar-refractivity contribution in [2.24, 2.45) is 0 Å². The van der Waals surface area contributed by atoms with Crippen LogP contribution in [0.15, 0.2) is 36.4 Å². The molecule has 5 nitrogen and oxygen atoms in total. The van der Waals surface area contributed by atoms with Gasteiger partial charge < -0.3 is 16.2 Å². The molecule has 0 fully saturated rings. The van der Waals surface area contributed by atoms with Gasteiger partial charge in [-0.25, -0.2) is 0 Å². The molecule has 4 N–H and O–H groups in total. The number of anilines is 2. The molecule has 0 saturated carbocycles. The average molecular weight is 296 g/mol. The van der Waals surface area contributed by atoms with Crippen molar-refractivity contribution >= 4 is 22.9 Å². The fourth-order valence-corrected chi connectivity index (χ4v) is 2.72. The number of hydrogen-bond donors (Lipinski definition) is 3. The van der Waals surface area contributed by atoms with E-state index >= 15 is 0 Å². The van der Waals surface area contributed by atoms with Crippen molar-refractivity contribution in [3.05, 3.63) is 58.7 Å². The first-order chi connectivity index (χ1) is 10.6. The monoisotopic (exact) mass is 296 g/mol. The number of nitrogen functional groups attached to an aromatic ring is 1. The maximum absolute atomic E-state index is 12.8. The largest absolute Gasteiger partial charge is 0.398 e. The minimum Gasteiger partial charge on any atom is -0.398 e. The Morgan fingerprint density at radius 2 is 1.59 bits per heavy atom. The summed E-state index contributed by atoms with van der Waals surface area (Å²) in [6, 6.07) is 10.1. The lowest BCUT2D eigenvalue weighted by Crippen LogP contribution is -2.24. The molecule has 2 aromatic carbocycles. The highest BCUT2D eigenvalue weighted by atomic mass is 16.3. The molecule has 0 amide bonds. The number of rotatable bonds is 4. The number of fused-ring (bicyclic) bond motifs is 2. The Kier molecular flexibility index (Phi) is 3.65. The lowest BCUT2D eigenvalue weighted by Gasteiger charge is -2.21. The standard InChI is InChI=1S/C17H16N2O3/c18-12-6-1-4-10-14(12)16(21)11-5-2-7-13(15(11)17(10)22)19-8-3-9-20/h1-2,4-7,19-20H,3,8-9,18H2. The normalized spacial score (nSPS) is 12.8. The quantitative estimate of drug-likeness (QED) is 0.504. The summed E-state index contributed by atoms with van der Waals surface area (Å²) in [5.74, 6) is -0.433. The molecule has 5 heteroatoms. The van der Waals surface area contributed by atoms with Gasteiger partial charge in [0.05, 0.1) is 11.1 Å². The van der Waals surface area contributed by atoms with Crippen LogP contribution in [0.1, 0.15) is 38.3 Å². The third-order valence-corrected chi connectivity index (χ3v) is 3.75. The van der Waals surface area contributed by atoms with Crippen LogP contribution < -0.4 is 11.1 Å². The fraction of sp³-hybridized carbons (Fsp3) is 0.176. The van der Waals surface area contributed by atoms with Crippen molar-refractivity contribution in [1.82, 2.24) is 0 Å². The lowest BCUT2D eigenvalue weighted by atomic mass is 9.82. The molecule has 0 unspecified atom stereocenters. The van der Waals surface area contributed by atoms with Crippen molar-refractivity contribution in [2.45, 2.75) is 6.42 Å². The van der Waals surface area contributed by atoms with Crippen LogP contribution in [0.3, 0.4) is 0 Å². The van der Waals surface area contributed by atoms with Crippen LogP contribution in [0.25, 0.3) is 0 Å². The van der Waals surface area contributed by atoms with E-state index < -0.39 is 0 Å². The number of benzene rings is 2. The van der Waals surface area contributed by atoms with Crippen LogP contribution in [-0.4, -0.2) is 29.8 Å². The average Bonchev–Trinajstić information content (AvgIpc) is 2.52. The Morgan fingerprint density at radius 3 is 2.32 bits per heavy atom.